The molecule has 2 nitrogen and oxygen atoms in total. The summed E-state index contributed by atoms with van der Waals surface area (Å²) in [6, 6.07) is 107. The zero-order valence-electron chi connectivity index (χ0n) is 40.6. The molecule has 0 aliphatic heterocycles. The SMILES string of the molecule is c1ccc(-c2ccc(-c3ccccc3)n2-c2ccc3c(-c4ccc5ccccc5c4)c4cc(-n5c(-c6ccccc6)ccc5-c5ccccc5)ccc4c(-c4ccc(-c5cccc6ccccc56)cc4)c3c2)cc1. The Hall–Kier alpha value is -9.76. The summed E-state index contributed by atoms with van der Waals surface area (Å²) in [5.74, 6) is 0. The molecule has 14 rings (SSSR count). The van der Waals surface area contributed by atoms with Crippen LogP contribution in [0.25, 0.3) is 133 Å². The zero-order valence-corrected chi connectivity index (χ0v) is 40.6. The lowest BCUT2D eigenvalue weighted by atomic mass is 9.84. The Bertz CT molecular complexity index is 4260. The van der Waals surface area contributed by atoms with E-state index in [1.807, 2.05) is 0 Å². The van der Waals surface area contributed by atoms with Gasteiger partial charge >= 0.3 is 0 Å². The monoisotopic (exact) mass is 940 g/mol. The smallest absolute Gasteiger partial charge is 0.0535 e. The first-order chi connectivity index (χ1) is 36.7. The average molecular weight is 941 g/mol. The van der Waals surface area contributed by atoms with Crippen LogP contribution in [0, 0.1) is 0 Å². The van der Waals surface area contributed by atoms with Crippen molar-refractivity contribution in [3.05, 3.63) is 291 Å². The average Bonchev–Trinajstić information content (AvgIpc) is 4.16. The maximum atomic E-state index is 2.45. The highest BCUT2D eigenvalue weighted by molar-refractivity contribution is 6.22. The lowest BCUT2D eigenvalue weighted by Gasteiger charge is -2.22. The summed E-state index contributed by atoms with van der Waals surface area (Å²) >= 11 is 0. The van der Waals surface area contributed by atoms with Crippen LogP contribution in [0.5, 0.6) is 0 Å². The molecule has 0 N–H and O–H groups in total. The zero-order chi connectivity index (χ0) is 49.0. The maximum Gasteiger partial charge on any atom is 0.0535 e. The highest BCUT2D eigenvalue weighted by Gasteiger charge is 2.23. The van der Waals surface area contributed by atoms with Gasteiger partial charge in [0.15, 0.2) is 0 Å². The first-order valence-electron chi connectivity index (χ1n) is 25.5. The van der Waals surface area contributed by atoms with Crippen LogP contribution in [0.2, 0.25) is 0 Å². The Balaban J connectivity index is 1.09. The highest BCUT2D eigenvalue weighted by Crippen LogP contribution is 2.47. The molecule has 12 aromatic carbocycles. The van der Waals surface area contributed by atoms with Gasteiger partial charge in [-0.1, -0.05) is 237 Å². The molecule has 0 radical (unpaired) electrons. The van der Waals surface area contributed by atoms with Crippen LogP contribution in [0.15, 0.2) is 291 Å². The summed E-state index contributed by atoms with van der Waals surface area (Å²) in [6.45, 7) is 0. The van der Waals surface area contributed by atoms with Crippen LogP contribution in [-0.4, -0.2) is 9.13 Å². The third-order valence-electron chi connectivity index (χ3n) is 15.0. The van der Waals surface area contributed by atoms with Crippen molar-refractivity contribution in [2.24, 2.45) is 0 Å². The Morgan fingerprint density at radius 1 is 0.189 bits per heavy atom. The van der Waals surface area contributed by atoms with Crippen molar-refractivity contribution in [1.82, 2.24) is 9.13 Å². The van der Waals surface area contributed by atoms with Crippen molar-refractivity contribution >= 4 is 43.1 Å². The number of hydrogen-bond donors (Lipinski definition) is 0. The van der Waals surface area contributed by atoms with Crippen molar-refractivity contribution < 1.29 is 0 Å². The van der Waals surface area contributed by atoms with E-state index in [1.165, 1.54) is 70.9 Å². The first kappa shape index (κ1) is 43.1. The first-order valence-corrected chi connectivity index (χ1v) is 25.5. The second kappa shape index (κ2) is 18.1. The number of fused-ring (bicyclic) bond motifs is 4. The van der Waals surface area contributed by atoms with Crippen LogP contribution >= 0.6 is 0 Å². The molecule has 0 unspecified atom stereocenters. The van der Waals surface area contributed by atoms with Gasteiger partial charge in [-0.2, -0.15) is 0 Å². The van der Waals surface area contributed by atoms with E-state index in [2.05, 4.69) is 300 Å². The summed E-state index contributed by atoms with van der Waals surface area (Å²) in [7, 11) is 0. The molecule has 14 aromatic rings. The molecule has 0 fully saturated rings. The molecule has 2 heterocycles. The van der Waals surface area contributed by atoms with Gasteiger partial charge in [0.25, 0.3) is 0 Å². The molecule has 74 heavy (non-hydrogen) atoms. The predicted molar refractivity (Wildman–Crippen MR) is 313 cm³/mol. The Morgan fingerprint density at radius 3 is 1.08 bits per heavy atom. The Labute approximate surface area is 431 Å². The van der Waals surface area contributed by atoms with Crippen molar-refractivity contribution in [3.8, 4) is 89.8 Å². The summed E-state index contributed by atoms with van der Waals surface area (Å²) in [4.78, 5) is 0. The van der Waals surface area contributed by atoms with E-state index in [0.29, 0.717) is 0 Å². The third kappa shape index (κ3) is 7.43. The summed E-state index contributed by atoms with van der Waals surface area (Å²) in [5, 5.41) is 9.67. The van der Waals surface area contributed by atoms with E-state index in [9.17, 15) is 0 Å². The molecule has 0 atom stereocenters. The minimum absolute atomic E-state index is 1.10. The topological polar surface area (TPSA) is 9.86 Å². The Kier molecular flexibility index (Phi) is 10.6. The molecule has 2 aromatic heterocycles. The predicted octanol–water partition coefficient (Wildman–Crippen LogP) is 19.5. The van der Waals surface area contributed by atoms with Gasteiger partial charge in [0, 0.05) is 11.4 Å². The van der Waals surface area contributed by atoms with E-state index in [1.54, 1.807) is 0 Å². The lowest BCUT2D eigenvalue weighted by Crippen LogP contribution is -2.02. The van der Waals surface area contributed by atoms with Crippen LogP contribution in [0.3, 0.4) is 0 Å². The van der Waals surface area contributed by atoms with Gasteiger partial charge in [-0.3, -0.25) is 0 Å². The van der Waals surface area contributed by atoms with Crippen LogP contribution in [0.4, 0.5) is 0 Å². The van der Waals surface area contributed by atoms with Crippen molar-refractivity contribution in [2.45, 2.75) is 0 Å². The van der Waals surface area contributed by atoms with E-state index >= 15 is 0 Å². The fourth-order valence-electron chi connectivity index (χ4n) is 11.5. The maximum absolute atomic E-state index is 2.45. The minimum Gasteiger partial charge on any atom is -0.309 e. The molecule has 2 heteroatoms. The Morgan fingerprint density at radius 2 is 0.581 bits per heavy atom. The highest BCUT2D eigenvalue weighted by atomic mass is 15.0. The summed E-state index contributed by atoms with van der Waals surface area (Å²) < 4.78 is 4.89. The van der Waals surface area contributed by atoms with Gasteiger partial charge in [0.2, 0.25) is 0 Å². The van der Waals surface area contributed by atoms with E-state index in [-0.39, 0.29) is 0 Å². The van der Waals surface area contributed by atoms with Crippen LogP contribution in [0.1, 0.15) is 0 Å². The molecular formula is C72H48N2. The molecule has 0 amide bonds. The quantitative estimate of drug-likeness (QED) is 0.128. The number of hydrogen-bond acceptors (Lipinski definition) is 0. The number of rotatable bonds is 9. The van der Waals surface area contributed by atoms with Crippen molar-refractivity contribution in [1.29, 1.82) is 0 Å². The lowest BCUT2D eigenvalue weighted by molar-refractivity contribution is 1.10. The molecular weight excluding hydrogens is 893 g/mol. The standard InChI is InChI=1S/C72H48N2/c1-5-20-52(21-6-1)67-42-43-68(53-22-7-2-8-23-53)73(67)59-39-41-64-65(47-59)71(56-35-33-51(34-36-56)62-31-17-29-50-19-15-16-30-61(50)62)63-40-38-60(48-66(63)72(64)58-37-32-49-18-13-14-28-57(49)46-58)74-69(54-24-9-3-10-25-54)44-45-70(74)55-26-11-4-12-27-55/h1-48H. The molecule has 0 aliphatic rings. The van der Waals surface area contributed by atoms with E-state index < -0.39 is 0 Å². The molecule has 0 saturated carbocycles. The third-order valence-corrected chi connectivity index (χ3v) is 15.0. The van der Waals surface area contributed by atoms with Crippen molar-refractivity contribution in [2.75, 3.05) is 0 Å². The summed E-state index contributed by atoms with van der Waals surface area (Å²) in [5.41, 5.74) is 18.6. The molecule has 0 aliphatic carbocycles. The molecule has 346 valence electrons. The fourth-order valence-corrected chi connectivity index (χ4v) is 11.5. The minimum atomic E-state index is 1.10. The second-order valence-electron chi connectivity index (χ2n) is 19.2. The van der Waals surface area contributed by atoms with E-state index in [0.717, 1.165) is 62.0 Å². The summed E-state index contributed by atoms with van der Waals surface area (Å²) in [6.07, 6.45) is 0. The van der Waals surface area contributed by atoms with Gasteiger partial charge in [0.05, 0.1) is 22.8 Å². The molecule has 0 bridgehead atoms. The van der Waals surface area contributed by atoms with Gasteiger partial charge < -0.3 is 9.13 Å². The normalized spacial score (nSPS) is 11.5. The van der Waals surface area contributed by atoms with Gasteiger partial charge in [-0.15, -0.1) is 0 Å². The molecule has 0 saturated heterocycles. The molecule has 0 spiro atoms. The fraction of sp³-hybridized carbons (Fsp3) is 0. The number of benzene rings is 12. The van der Waals surface area contributed by atoms with Crippen LogP contribution < -0.4 is 0 Å². The second-order valence-corrected chi connectivity index (χ2v) is 19.2. The number of nitrogens with zero attached hydrogens (tertiary/aromatic N) is 2. The number of aromatic nitrogens is 2. The largest absolute Gasteiger partial charge is 0.309 e. The van der Waals surface area contributed by atoms with Crippen molar-refractivity contribution in [3.63, 3.8) is 0 Å². The van der Waals surface area contributed by atoms with Gasteiger partial charge in [-0.05, 0) is 153 Å². The van der Waals surface area contributed by atoms with Gasteiger partial charge in [-0.25, -0.2) is 0 Å². The van der Waals surface area contributed by atoms with Crippen LogP contribution in [-0.2, 0) is 0 Å². The van der Waals surface area contributed by atoms with E-state index in [4.69, 9.17) is 0 Å². The van der Waals surface area contributed by atoms with Gasteiger partial charge in [0.1, 0.15) is 0 Å².